The van der Waals surface area contributed by atoms with Crippen LogP contribution in [-0.4, -0.2) is 16.8 Å². The molecule has 0 bridgehead atoms. The Balaban J connectivity index is 2.10. The van der Waals surface area contributed by atoms with E-state index >= 15 is 0 Å². The van der Waals surface area contributed by atoms with Crippen molar-refractivity contribution in [2.75, 3.05) is 5.32 Å². The largest absolute Gasteiger partial charge is 0.444 e. The van der Waals surface area contributed by atoms with Crippen molar-refractivity contribution in [3.63, 3.8) is 0 Å². The molecule has 1 aromatic carbocycles. The van der Waals surface area contributed by atoms with Gasteiger partial charge in [-0.2, -0.15) is 0 Å². The van der Waals surface area contributed by atoms with E-state index in [4.69, 9.17) is 22.7 Å². The molecule has 2 rings (SSSR count). The third-order valence-corrected chi connectivity index (χ3v) is 3.75. The number of nitrogens with two attached hydrogens (primary N) is 1. The summed E-state index contributed by atoms with van der Waals surface area (Å²) in [7, 11) is 0. The van der Waals surface area contributed by atoms with E-state index in [1.165, 1.54) is 0 Å². The van der Waals surface area contributed by atoms with E-state index < -0.39 is 5.60 Å². The highest BCUT2D eigenvalue weighted by atomic mass is 32.1. The van der Waals surface area contributed by atoms with Crippen LogP contribution in [0.5, 0.6) is 0 Å². The van der Waals surface area contributed by atoms with Gasteiger partial charge >= 0.3 is 6.09 Å². The lowest BCUT2D eigenvalue weighted by Crippen LogP contribution is -2.52. The highest BCUT2D eigenvalue weighted by molar-refractivity contribution is 7.80. The standard InChI is InChI=1S/C16H23N3O2S/c1-15(2,3)21-14(20)19-16(9-4-10-16)11-5-7-12(8-6-11)18-13(17)22/h5-8H,4,9-10H2,1-3H3,(H,19,20)(H3,17,18,22). The zero-order chi connectivity index (χ0) is 16.4. The topological polar surface area (TPSA) is 76.4 Å². The lowest BCUT2D eigenvalue weighted by atomic mass is 9.72. The molecule has 1 aromatic rings. The van der Waals surface area contributed by atoms with E-state index in [1.807, 2.05) is 45.0 Å². The van der Waals surface area contributed by atoms with Gasteiger partial charge in [0.25, 0.3) is 0 Å². The van der Waals surface area contributed by atoms with Gasteiger partial charge in [-0.3, -0.25) is 0 Å². The Hall–Kier alpha value is -1.82. The lowest BCUT2D eigenvalue weighted by molar-refractivity contribution is 0.0377. The molecule has 1 saturated carbocycles. The Morgan fingerprint density at radius 3 is 2.27 bits per heavy atom. The van der Waals surface area contributed by atoms with Gasteiger partial charge in [0.15, 0.2) is 5.11 Å². The van der Waals surface area contributed by atoms with Gasteiger partial charge in [0.1, 0.15) is 5.60 Å². The number of benzene rings is 1. The van der Waals surface area contributed by atoms with Crippen LogP contribution in [0.15, 0.2) is 24.3 Å². The van der Waals surface area contributed by atoms with Crippen LogP contribution in [0.3, 0.4) is 0 Å². The summed E-state index contributed by atoms with van der Waals surface area (Å²) < 4.78 is 5.37. The van der Waals surface area contributed by atoms with Gasteiger partial charge in [0, 0.05) is 5.69 Å². The first kappa shape index (κ1) is 16.5. The van der Waals surface area contributed by atoms with Gasteiger partial charge in [0.05, 0.1) is 5.54 Å². The third-order valence-electron chi connectivity index (χ3n) is 3.65. The third kappa shape index (κ3) is 4.10. The minimum Gasteiger partial charge on any atom is -0.444 e. The molecule has 0 spiro atoms. The summed E-state index contributed by atoms with van der Waals surface area (Å²) in [6.07, 6.45) is 2.53. The fourth-order valence-electron chi connectivity index (χ4n) is 2.53. The van der Waals surface area contributed by atoms with Crippen LogP contribution in [0.2, 0.25) is 0 Å². The Kier molecular flexibility index (Phi) is 4.60. The van der Waals surface area contributed by atoms with Crippen LogP contribution in [-0.2, 0) is 10.3 Å². The van der Waals surface area contributed by atoms with E-state index in [0.29, 0.717) is 0 Å². The van der Waals surface area contributed by atoms with Crippen molar-refractivity contribution in [3.8, 4) is 0 Å². The number of nitrogens with one attached hydrogen (secondary N) is 2. The van der Waals surface area contributed by atoms with Crippen molar-refractivity contribution >= 4 is 29.1 Å². The maximum atomic E-state index is 12.1. The van der Waals surface area contributed by atoms with Crippen LogP contribution in [0.25, 0.3) is 0 Å². The number of thiocarbonyl (C=S) groups is 1. The lowest BCUT2D eigenvalue weighted by Gasteiger charge is -2.43. The minimum atomic E-state index is -0.500. The molecule has 22 heavy (non-hydrogen) atoms. The van der Waals surface area contributed by atoms with Crippen LogP contribution in [0.4, 0.5) is 10.5 Å². The molecule has 120 valence electrons. The van der Waals surface area contributed by atoms with Crippen molar-refractivity contribution in [1.29, 1.82) is 0 Å². The van der Waals surface area contributed by atoms with Crippen molar-refractivity contribution in [1.82, 2.24) is 5.32 Å². The second kappa shape index (κ2) is 6.12. The van der Waals surface area contributed by atoms with E-state index in [0.717, 1.165) is 30.5 Å². The summed E-state index contributed by atoms with van der Waals surface area (Å²) in [6, 6.07) is 7.78. The summed E-state index contributed by atoms with van der Waals surface area (Å²) in [6.45, 7) is 5.57. The molecular weight excluding hydrogens is 298 g/mol. The Morgan fingerprint density at radius 2 is 1.86 bits per heavy atom. The first-order chi connectivity index (χ1) is 10.2. The molecule has 6 heteroatoms. The minimum absolute atomic E-state index is 0.234. The summed E-state index contributed by atoms with van der Waals surface area (Å²) >= 11 is 4.82. The highest BCUT2D eigenvalue weighted by Gasteiger charge is 2.41. The van der Waals surface area contributed by atoms with Crippen molar-refractivity contribution in [2.24, 2.45) is 5.73 Å². The summed E-state index contributed by atoms with van der Waals surface area (Å²) in [5.74, 6) is 0. The number of carbonyl (C=O) groups is 1. The Bertz CT molecular complexity index is 560. The molecule has 1 aliphatic rings. The van der Waals surface area contributed by atoms with Crippen molar-refractivity contribution in [3.05, 3.63) is 29.8 Å². The molecule has 0 saturated heterocycles. The number of anilines is 1. The van der Waals surface area contributed by atoms with Crippen LogP contribution >= 0.6 is 12.2 Å². The van der Waals surface area contributed by atoms with Gasteiger partial charge in [-0.15, -0.1) is 0 Å². The number of ether oxygens (including phenoxy) is 1. The smallest absolute Gasteiger partial charge is 0.408 e. The Morgan fingerprint density at radius 1 is 1.27 bits per heavy atom. The van der Waals surface area contributed by atoms with E-state index in [9.17, 15) is 4.79 Å². The molecule has 0 aromatic heterocycles. The number of hydrogen-bond donors (Lipinski definition) is 3. The quantitative estimate of drug-likeness (QED) is 0.745. The van der Waals surface area contributed by atoms with Gasteiger partial charge in [-0.1, -0.05) is 12.1 Å². The number of carbonyl (C=O) groups excluding carboxylic acids is 1. The molecule has 1 fully saturated rings. The maximum Gasteiger partial charge on any atom is 0.408 e. The van der Waals surface area contributed by atoms with Crippen molar-refractivity contribution in [2.45, 2.75) is 51.2 Å². The molecule has 4 N–H and O–H groups in total. The maximum absolute atomic E-state index is 12.1. The first-order valence-electron chi connectivity index (χ1n) is 7.38. The summed E-state index contributed by atoms with van der Waals surface area (Å²) in [4.78, 5) is 12.1. The molecule has 1 aliphatic carbocycles. The zero-order valence-electron chi connectivity index (χ0n) is 13.2. The van der Waals surface area contributed by atoms with Crippen LogP contribution < -0.4 is 16.4 Å². The molecule has 5 nitrogen and oxygen atoms in total. The molecule has 0 heterocycles. The molecule has 1 amide bonds. The predicted octanol–water partition coefficient (Wildman–Crippen LogP) is 3.25. The summed E-state index contributed by atoms with van der Waals surface area (Å²) in [5, 5.41) is 6.15. The number of amides is 1. The molecule has 0 unspecified atom stereocenters. The highest BCUT2D eigenvalue weighted by Crippen LogP contribution is 2.41. The SMILES string of the molecule is CC(C)(C)OC(=O)NC1(c2ccc(NC(N)=S)cc2)CCC1. The average Bonchev–Trinajstić information content (AvgIpc) is 2.32. The molecule has 0 atom stereocenters. The summed E-state index contributed by atoms with van der Waals surface area (Å²) in [5.41, 5.74) is 6.53. The molecular formula is C16H23N3O2S. The fraction of sp³-hybridized carbons (Fsp3) is 0.500. The van der Waals surface area contributed by atoms with Crippen LogP contribution in [0.1, 0.15) is 45.6 Å². The van der Waals surface area contributed by atoms with Gasteiger partial charge < -0.3 is 21.1 Å². The zero-order valence-corrected chi connectivity index (χ0v) is 14.0. The van der Waals surface area contributed by atoms with Crippen LogP contribution in [0, 0.1) is 0 Å². The van der Waals surface area contributed by atoms with E-state index in [-0.39, 0.29) is 16.7 Å². The molecule has 0 radical (unpaired) electrons. The number of hydrogen-bond acceptors (Lipinski definition) is 3. The number of alkyl carbamates (subject to hydrolysis) is 1. The number of rotatable bonds is 3. The fourth-order valence-corrected chi connectivity index (χ4v) is 2.65. The normalized spacial score (nSPS) is 16.3. The van der Waals surface area contributed by atoms with E-state index in [2.05, 4.69) is 10.6 Å². The molecule has 0 aliphatic heterocycles. The Labute approximate surface area is 136 Å². The second-order valence-electron chi connectivity index (χ2n) is 6.63. The van der Waals surface area contributed by atoms with Crippen molar-refractivity contribution < 1.29 is 9.53 Å². The van der Waals surface area contributed by atoms with Gasteiger partial charge in [-0.05, 0) is 69.9 Å². The predicted molar refractivity (Wildman–Crippen MR) is 91.7 cm³/mol. The monoisotopic (exact) mass is 321 g/mol. The van der Waals surface area contributed by atoms with E-state index in [1.54, 1.807) is 0 Å². The second-order valence-corrected chi connectivity index (χ2v) is 7.07. The first-order valence-corrected chi connectivity index (χ1v) is 7.79. The average molecular weight is 321 g/mol. The van der Waals surface area contributed by atoms with Gasteiger partial charge in [0.2, 0.25) is 0 Å². The van der Waals surface area contributed by atoms with Gasteiger partial charge in [-0.25, -0.2) is 4.79 Å².